The van der Waals surface area contributed by atoms with E-state index < -0.39 is 0 Å². The normalized spacial score (nSPS) is 13.1. The van der Waals surface area contributed by atoms with Gasteiger partial charge in [-0.15, -0.1) is 0 Å². The van der Waals surface area contributed by atoms with Crippen LogP contribution in [-0.4, -0.2) is 31.6 Å². The van der Waals surface area contributed by atoms with Crippen LogP contribution in [0.4, 0.5) is 0 Å². The lowest BCUT2D eigenvalue weighted by Crippen LogP contribution is -2.44. The van der Waals surface area contributed by atoms with E-state index >= 15 is 0 Å². The number of hydrogen-bond donors (Lipinski definition) is 2. The molecule has 1 heterocycles. The van der Waals surface area contributed by atoms with Crippen LogP contribution in [0.1, 0.15) is 69.1 Å². The van der Waals surface area contributed by atoms with Crippen molar-refractivity contribution in [2.24, 2.45) is 0 Å². The van der Waals surface area contributed by atoms with Crippen LogP contribution in [0.2, 0.25) is 20.5 Å². The summed E-state index contributed by atoms with van der Waals surface area (Å²) in [7, 11) is -0.406. The van der Waals surface area contributed by atoms with Crippen LogP contribution < -0.4 is 0 Å². The van der Waals surface area contributed by atoms with Crippen molar-refractivity contribution in [1.82, 2.24) is 0 Å². The Balaban J connectivity index is 0.000000267. The molecule has 3 rings (SSSR count). The number of unbranched alkanes of at least 4 members (excludes halogenated alkanes) is 4. The number of phenols is 2. The van der Waals surface area contributed by atoms with Crippen LogP contribution in [0.25, 0.3) is 0 Å². The van der Waals surface area contributed by atoms with Gasteiger partial charge in [-0.3, -0.25) is 0 Å². The highest BCUT2D eigenvalue weighted by Crippen LogP contribution is 2.21. The molecule has 0 atom stereocenters. The van der Waals surface area contributed by atoms with Crippen molar-refractivity contribution < 1.29 is 23.9 Å². The van der Waals surface area contributed by atoms with E-state index in [0.29, 0.717) is 11.5 Å². The second kappa shape index (κ2) is 18.1. The van der Waals surface area contributed by atoms with Crippen LogP contribution in [0.15, 0.2) is 36.4 Å². The van der Waals surface area contributed by atoms with E-state index in [1.165, 1.54) is 49.7 Å². The van der Waals surface area contributed by atoms with Gasteiger partial charge < -0.3 is 23.9 Å². The molecule has 0 aliphatic carbocycles. The topological polar surface area (TPSA) is 68.2 Å². The fourth-order valence-electron chi connectivity index (χ4n) is 3.64. The first-order valence-corrected chi connectivity index (χ1v) is 14.0. The Labute approximate surface area is 227 Å². The zero-order valence-corrected chi connectivity index (χ0v) is 24.5. The van der Waals surface area contributed by atoms with Crippen molar-refractivity contribution in [3.8, 4) is 11.5 Å². The van der Waals surface area contributed by atoms with Gasteiger partial charge in [0.2, 0.25) is 0 Å². The molecule has 1 aliphatic heterocycles. The van der Waals surface area contributed by atoms with E-state index in [9.17, 15) is 10.2 Å². The van der Waals surface area contributed by atoms with E-state index in [2.05, 4.69) is 48.6 Å². The summed E-state index contributed by atoms with van der Waals surface area (Å²) in [4.78, 5) is 0. The summed E-state index contributed by atoms with van der Waals surface area (Å²) in [6, 6.07) is 11.7. The van der Waals surface area contributed by atoms with Gasteiger partial charge >= 0.3 is 21.4 Å². The predicted octanol–water partition coefficient (Wildman–Crippen LogP) is 7.57. The van der Waals surface area contributed by atoms with Gasteiger partial charge in [0.05, 0.1) is 3.57 Å². The average molecular weight is 594 g/mol. The van der Waals surface area contributed by atoms with Crippen LogP contribution in [0.3, 0.4) is 0 Å². The van der Waals surface area contributed by atoms with Gasteiger partial charge in [-0.25, -0.2) is 0 Å². The lowest BCUT2D eigenvalue weighted by Gasteiger charge is -2.25. The summed E-state index contributed by atoms with van der Waals surface area (Å²) in [5, 5.41) is 18.6. The highest BCUT2D eigenvalue weighted by molar-refractivity contribution is 14.1. The zero-order chi connectivity index (χ0) is 26.2. The molecule has 2 aromatic rings. The zero-order valence-electron chi connectivity index (χ0n) is 22.4. The van der Waals surface area contributed by atoms with E-state index in [1.807, 2.05) is 39.5 Å². The summed E-state index contributed by atoms with van der Waals surface area (Å²) < 4.78 is 16.3. The molecule has 9 heteroatoms. The minimum absolute atomic E-state index is 0.135. The molecule has 0 saturated carbocycles. The lowest BCUT2D eigenvalue weighted by molar-refractivity contribution is 0.294. The molecule has 2 N–H and O–H groups in total. The molecular weight excluding hydrogens is 552 g/mol. The molecular formula is C26H42B3IO5. The third kappa shape index (κ3) is 14.2. The minimum Gasteiger partial charge on any atom is -0.508 e. The van der Waals surface area contributed by atoms with E-state index in [1.54, 1.807) is 12.1 Å². The Morgan fingerprint density at radius 2 is 1.11 bits per heavy atom. The van der Waals surface area contributed by atoms with Gasteiger partial charge in [-0.2, -0.15) is 0 Å². The number of halogens is 1. The molecule has 1 saturated heterocycles. The Morgan fingerprint density at radius 3 is 1.51 bits per heavy atom. The Bertz CT molecular complexity index is 773. The maximum Gasteiger partial charge on any atom is 0.426 e. The number of phenolic OH excluding ortho intramolecular Hbond substituents is 2. The predicted molar refractivity (Wildman–Crippen MR) is 158 cm³/mol. The van der Waals surface area contributed by atoms with E-state index in [4.69, 9.17) is 13.7 Å². The number of rotatable bonds is 8. The molecule has 0 amide bonds. The summed E-state index contributed by atoms with van der Waals surface area (Å²) >= 11 is 2.16. The summed E-state index contributed by atoms with van der Waals surface area (Å²) in [6.45, 7) is 11.9. The second-order valence-corrected chi connectivity index (χ2v) is 10.1. The van der Waals surface area contributed by atoms with Crippen molar-refractivity contribution in [2.75, 3.05) is 0 Å². The highest BCUT2D eigenvalue weighted by atomic mass is 127. The second-order valence-electron chi connectivity index (χ2n) is 8.93. The van der Waals surface area contributed by atoms with Crippen LogP contribution in [-0.2, 0) is 26.6 Å². The third-order valence-corrected chi connectivity index (χ3v) is 6.43. The van der Waals surface area contributed by atoms with Crippen LogP contribution in [0, 0.1) is 10.5 Å². The molecule has 192 valence electrons. The van der Waals surface area contributed by atoms with Crippen molar-refractivity contribution in [2.45, 2.75) is 92.6 Å². The van der Waals surface area contributed by atoms with Crippen molar-refractivity contribution in [1.29, 1.82) is 0 Å². The summed E-state index contributed by atoms with van der Waals surface area (Å²) in [6.07, 6.45) is 9.86. The first-order chi connectivity index (χ1) is 16.7. The Kier molecular flexibility index (Phi) is 16.5. The van der Waals surface area contributed by atoms with Gasteiger partial charge in [0, 0.05) is 0 Å². The van der Waals surface area contributed by atoms with Crippen LogP contribution >= 0.6 is 22.6 Å². The number of hydrogen-bond acceptors (Lipinski definition) is 5. The molecule has 0 bridgehead atoms. The first kappa shape index (κ1) is 31.9. The fourth-order valence-corrected chi connectivity index (χ4v) is 4.22. The molecule has 1 fully saturated rings. The standard InChI is InChI=1S/C12H18O.C11H15IO.C3H9B3O3/c1-3-4-5-6-11-7-8-12(13)10(2)9-11;1-2-3-4-5-9-6-7-11(13)10(12)8-9;1-4-7-5(2)9-6(3)8-4/h7-9,13H,3-6H2,1-2H3;6-8,13H,2-5H2,1H3;1-3H3. The molecule has 0 aromatic heterocycles. The Morgan fingerprint density at radius 1 is 0.686 bits per heavy atom. The molecule has 0 spiro atoms. The lowest BCUT2D eigenvalue weighted by atomic mass is 9.74. The smallest absolute Gasteiger partial charge is 0.426 e. The maximum absolute atomic E-state index is 9.32. The van der Waals surface area contributed by atoms with Crippen molar-refractivity contribution in [3.05, 3.63) is 56.7 Å². The van der Waals surface area contributed by atoms with Gasteiger partial charge in [-0.1, -0.05) is 57.7 Å². The fraction of sp³-hybridized carbons (Fsp3) is 0.538. The van der Waals surface area contributed by atoms with E-state index in [-0.39, 0.29) is 21.4 Å². The third-order valence-electron chi connectivity index (χ3n) is 5.56. The summed E-state index contributed by atoms with van der Waals surface area (Å²) in [5.41, 5.74) is 3.65. The molecule has 0 unspecified atom stereocenters. The quantitative estimate of drug-likeness (QED) is 0.188. The molecule has 0 radical (unpaired) electrons. The minimum atomic E-state index is -0.135. The largest absolute Gasteiger partial charge is 0.508 e. The highest BCUT2D eigenvalue weighted by Gasteiger charge is 2.31. The van der Waals surface area contributed by atoms with Crippen molar-refractivity contribution >= 4 is 43.9 Å². The van der Waals surface area contributed by atoms with E-state index in [0.717, 1.165) is 22.0 Å². The molecule has 5 nitrogen and oxygen atoms in total. The van der Waals surface area contributed by atoms with Crippen molar-refractivity contribution in [3.63, 3.8) is 0 Å². The first-order valence-electron chi connectivity index (χ1n) is 12.9. The number of aromatic hydroxyl groups is 2. The molecule has 2 aromatic carbocycles. The van der Waals surface area contributed by atoms with Crippen LogP contribution in [0.5, 0.6) is 11.5 Å². The SMILES string of the molecule is CB1OB(C)OB(C)O1.CCCCCc1ccc(O)c(C)c1.CCCCCc1ccc(O)c(I)c1. The Hall–Kier alpha value is -1.16. The monoisotopic (exact) mass is 594 g/mol. The number of aryl methyl sites for hydroxylation is 3. The summed E-state index contributed by atoms with van der Waals surface area (Å²) in [5.74, 6) is 0.791. The molecule has 35 heavy (non-hydrogen) atoms. The van der Waals surface area contributed by atoms with Gasteiger partial charge in [0.1, 0.15) is 11.5 Å². The van der Waals surface area contributed by atoms with Gasteiger partial charge in [-0.05, 0) is 111 Å². The van der Waals surface area contributed by atoms with Gasteiger partial charge in [0.15, 0.2) is 0 Å². The average Bonchev–Trinajstić information content (AvgIpc) is 2.79. The maximum atomic E-state index is 9.32. The van der Waals surface area contributed by atoms with Gasteiger partial charge in [0.25, 0.3) is 0 Å². The molecule has 1 aliphatic rings. The number of benzene rings is 2.